The number of piperazine rings is 1. The number of para-hydroxylation sites is 2. The van der Waals surface area contributed by atoms with Gasteiger partial charge in [0.25, 0.3) is 5.56 Å². The zero-order chi connectivity index (χ0) is 19.5. The second-order valence-corrected chi connectivity index (χ2v) is 7.83. The van der Waals surface area contributed by atoms with E-state index in [-0.39, 0.29) is 5.56 Å². The topological polar surface area (TPSA) is 63.0 Å². The van der Waals surface area contributed by atoms with E-state index in [9.17, 15) is 4.79 Å². The van der Waals surface area contributed by atoms with Gasteiger partial charge in [0.2, 0.25) is 4.96 Å². The zero-order valence-electron chi connectivity index (χ0n) is 16.3. The average Bonchev–Trinajstić information content (AvgIpc) is 3.13. The Labute approximate surface area is 168 Å². The number of fused-ring (bicyclic) bond motifs is 1. The minimum atomic E-state index is -0.0970. The molecule has 0 saturated carbocycles. The van der Waals surface area contributed by atoms with Gasteiger partial charge < -0.3 is 9.64 Å². The molecule has 0 bridgehead atoms. The molecule has 0 radical (unpaired) electrons. The number of hydrogen-bond donors (Lipinski definition) is 0. The summed E-state index contributed by atoms with van der Waals surface area (Å²) in [4.78, 5) is 22.4. The molecule has 1 saturated heterocycles. The quantitative estimate of drug-likeness (QED) is 0.634. The molecule has 1 fully saturated rings. The maximum atomic E-state index is 12.3. The molecule has 0 unspecified atom stereocenters. The summed E-state index contributed by atoms with van der Waals surface area (Å²) in [6.45, 7) is 9.08. The average molecular weight is 400 g/mol. The summed E-state index contributed by atoms with van der Waals surface area (Å²) < 4.78 is 7.18. The molecule has 0 amide bonds. The van der Waals surface area contributed by atoms with Crippen LogP contribution >= 0.6 is 11.3 Å². The first-order valence-corrected chi connectivity index (χ1v) is 10.6. The molecule has 1 aliphatic heterocycles. The van der Waals surface area contributed by atoms with Gasteiger partial charge in [-0.25, -0.2) is 4.98 Å². The summed E-state index contributed by atoms with van der Waals surface area (Å²) in [6, 6.07) is 9.82. The van der Waals surface area contributed by atoms with Gasteiger partial charge in [0.05, 0.1) is 18.0 Å². The van der Waals surface area contributed by atoms with Gasteiger partial charge in [-0.15, -0.1) is 0 Å². The third kappa shape index (κ3) is 3.88. The van der Waals surface area contributed by atoms with Gasteiger partial charge in [0, 0.05) is 38.8 Å². The van der Waals surface area contributed by atoms with Crippen LogP contribution in [0, 0.1) is 0 Å². The molecule has 1 aromatic carbocycles. The number of hydrogen-bond acceptors (Lipinski definition) is 7. The largest absolute Gasteiger partial charge is 0.492 e. The highest BCUT2D eigenvalue weighted by Crippen LogP contribution is 2.29. The van der Waals surface area contributed by atoms with Crippen LogP contribution in [0.1, 0.15) is 24.5 Å². The van der Waals surface area contributed by atoms with Crippen molar-refractivity contribution in [3.63, 3.8) is 0 Å². The first-order valence-electron chi connectivity index (χ1n) is 9.75. The van der Waals surface area contributed by atoms with Crippen molar-refractivity contribution in [3.8, 4) is 5.75 Å². The van der Waals surface area contributed by atoms with Crippen molar-refractivity contribution in [3.05, 3.63) is 51.4 Å². The van der Waals surface area contributed by atoms with E-state index in [0.29, 0.717) is 18.1 Å². The molecule has 0 aliphatic carbocycles. The molecule has 0 spiro atoms. The molecule has 3 aromatic rings. The SMILES string of the molecule is CCOc1ccccc1N1CCN(Cc2cc(=O)n3nc(CC)sc3n2)CC1. The molecular weight excluding hydrogens is 374 g/mol. The van der Waals surface area contributed by atoms with E-state index in [1.165, 1.54) is 15.9 Å². The van der Waals surface area contributed by atoms with Gasteiger partial charge in [-0.3, -0.25) is 9.69 Å². The lowest BCUT2D eigenvalue weighted by atomic mass is 10.2. The Morgan fingerprint density at radius 3 is 2.68 bits per heavy atom. The molecule has 2 aromatic heterocycles. The number of anilines is 1. The molecule has 8 heteroatoms. The van der Waals surface area contributed by atoms with E-state index in [1.54, 1.807) is 6.07 Å². The fourth-order valence-corrected chi connectivity index (χ4v) is 4.35. The smallest absolute Gasteiger partial charge is 0.275 e. The number of nitrogens with zero attached hydrogens (tertiary/aromatic N) is 5. The molecule has 3 heterocycles. The summed E-state index contributed by atoms with van der Waals surface area (Å²) in [5.74, 6) is 0.940. The van der Waals surface area contributed by atoms with Crippen LogP contribution in [0.2, 0.25) is 0 Å². The Morgan fingerprint density at radius 1 is 1.14 bits per heavy atom. The molecule has 0 atom stereocenters. The summed E-state index contributed by atoms with van der Waals surface area (Å²) >= 11 is 1.49. The van der Waals surface area contributed by atoms with Gasteiger partial charge >= 0.3 is 0 Å². The van der Waals surface area contributed by atoms with Crippen LogP contribution in [0.4, 0.5) is 5.69 Å². The molecular formula is C20H25N5O2S. The second-order valence-electron chi connectivity index (χ2n) is 6.79. The van der Waals surface area contributed by atoms with Crippen LogP contribution < -0.4 is 15.2 Å². The van der Waals surface area contributed by atoms with Crippen LogP contribution in [-0.2, 0) is 13.0 Å². The predicted molar refractivity (Wildman–Crippen MR) is 112 cm³/mol. The van der Waals surface area contributed by atoms with Gasteiger partial charge in [-0.2, -0.15) is 9.61 Å². The van der Waals surface area contributed by atoms with Crippen molar-refractivity contribution in [2.75, 3.05) is 37.7 Å². The Kier molecular flexibility index (Phi) is 5.59. The van der Waals surface area contributed by atoms with Gasteiger partial charge in [0.15, 0.2) is 0 Å². The predicted octanol–water partition coefficient (Wildman–Crippen LogP) is 2.43. The van der Waals surface area contributed by atoms with Gasteiger partial charge in [-0.05, 0) is 25.5 Å². The Hall–Kier alpha value is -2.45. The molecule has 1 aliphatic rings. The monoisotopic (exact) mass is 399 g/mol. The second kappa shape index (κ2) is 8.28. The fraction of sp³-hybridized carbons (Fsp3) is 0.450. The fourth-order valence-electron chi connectivity index (χ4n) is 3.49. The Bertz CT molecular complexity index is 1010. The summed E-state index contributed by atoms with van der Waals surface area (Å²) in [6.07, 6.45) is 0.813. The Balaban J connectivity index is 1.43. The lowest BCUT2D eigenvalue weighted by molar-refractivity contribution is 0.246. The minimum Gasteiger partial charge on any atom is -0.492 e. The van der Waals surface area contributed by atoms with E-state index >= 15 is 0 Å². The summed E-state index contributed by atoms with van der Waals surface area (Å²) in [5, 5.41) is 5.25. The number of rotatable bonds is 6. The summed E-state index contributed by atoms with van der Waals surface area (Å²) in [5.41, 5.74) is 1.87. The highest BCUT2D eigenvalue weighted by molar-refractivity contribution is 7.16. The van der Waals surface area contributed by atoms with Crippen molar-refractivity contribution in [2.24, 2.45) is 0 Å². The van der Waals surface area contributed by atoms with E-state index in [0.717, 1.165) is 54.7 Å². The molecule has 4 rings (SSSR count). The van der Waals surface area contributed by atoms with Crippen molar-refractivity contribution >= 4 is 22.0 Å². The van der Waals surface area contributed by atoms with Gasteiger partial charge in [-0.1, -0.05) is 30.4 Å². The highest BCUT2D eigenvalue weighted by Gasteiger charge is 2.20. The molecule has 7 nitrogen and oxygen atoms in total. The third-order valence-corrected chi connectivity index (χ3v) is 5.96. The molecule has 0 N–H and O–H groups in total. The van der Waals surface area contributed by atoms with Gasteiger partial charge in [0.1, 0.15) is 10.8 Å². The summed E-state index contributed by atoms with van der Waals surface area (Å²) in [7, 11) is 0. The van der Waals surface area contributed by atoms with Crippen LogP contribution in [0.3, 0.4) is 0 Å². The van der Waals surface area contributed by atoms with E-state index in [2.05, 4.69) is 32.0 Å². The first-order chi connectivity index (χ1) is 13.7. The van der Waals surface area contributed by atoms with Crippen molar-refractivity contribution in [1.82, 2.24) is 19.5 Å². The number of aromatic nitrogens is 3. The first kappa shape index (κ1) is 18.9. The highest BCUT2D eigenvalue weighted by atomic mass is 32.1. The number of benzene rings is 1. The molecule has 148 valence electrons. The van der Waals surface area contributed by atoms with Crippen LogP contribution in [0.5, 0.6) is 5.75 Å². The van der Waals surface area contributed by atoms with E-state index in [1.807, 2.05) is 26.0 Å². The van der Waals surface area contributed by atoms with Crippen molar-refractivity contribution in [2.45, 2.75) is 26.8 Å². The zero-order valence-corrected chi connectivity index (χ0v) is 17.1. The van der Waals surface area contributed by atoms with E-state index < -0.39 is 0 Å². The van der Waals surface area contributed by atoms with Crippen LogP contribution in [-0.4, -0.2) is 52.3 Å². The maximum Gasteiger partial charge on any atom is 0.275 e. The van der Waals surface area contributed by atoms with Crippen molar-refractivity contribution < 1.29 is 4.74 Å². The minimum absolute atomic E-state index is 0.0970. The number of ether oxygens (including phenoxy) is 1. The normalized spacial score (nSPS) is 15.3. The Morgan fingerprint density at radius 2 is 1.93 bits per heavy atom. The number of aryl methyl sites for hydroxylation is 1. The van der Waals surface area contributed by atoms with Crippen molar-refractivity contribution in [1.29, 1.82) is 0 Å². The lowest BCUT2D eigenvalue weighted by Gasteiger charge is -2.36. The van der Waals surface area contributed by atoms with Crippen LogP contribution in [0.25, 0.3) is 4.96 Å². The third-order valence-electron chi connectivity index (χ3n) is 4.91. The molecule has 28 heavy (non-hydrogen) atoms. The van der Waals surface area contributed by atoms with E-state index in [4.69, 9.17) is 4.74 Å². The maximum absolute atomic E-state index is 12.3. The van der Waals surface area contributed by atoms with Crippen LogP contribution in [0.15, 0.2) is 35.1 Å². The lowest BCUT2D eigenvalue weighted by Crippen LogP contribution is -2.46. The standard InChI is InChI=1S/C20H25N5O2S/c1-3-18-22-25-19(26)13-15(21-20(25)28-18)14-23-9-11-24(12-10-23)16-7-5-6-8-17(16)27-4-2/h5-8,13H,3-4,9-12,14H2,1-2H3.